The van der Waals surface area contributed by atoms with Crippen molar-refractivity contribution in [3.8, 4) is 5.75 Å². The third-order valence-electron chi connectivity index (χ3n) is 5.80. The average molecular weight is 447 g/mol. The topological polar surface area (TPSA) is 93.8 Å². The third-order valence-corrected chi connectivity index (χ3v) is 6.03. The molecule has 0 aliphatic heterocycles. The van der Waals surface area contributed by atoms with Gasteiger partial charge in [0.05, 0.1) is 12.7 Å². The molecule has 1 aliphatic rings. The Morgan fingerprint density at radius 3 is 2.71 bits per heavy atom. The summed E-state index contributed by atoms with van der Waals surface area (Å²) in [6, 6.07) is 15.6. The van der Waals surface area contributed by atoms with Crippen LogP contribution in [0.5, 0.6) is 5.75 Å². The summed E-state index contributed by atoms with van der Waals surface area (Å²) in [5.74, 6) is 0.585. The lowest BCUT2D eigenvalue weighted by Crippen LogP contribution is -2.34. The molecule has 1 amide bonds. The normalized spacial score (nSPS) is 20.4. The van der Waals surface area contributed by atoms with Crippen LogP contribution in [0.2, 0.25) is 5.02 Å². The van der Waals surface area contributed by atoms with Crippen LogP contribution >= 0.6 is 11.6 Å². The zero-order valence-corrected chi connectivity index (χ0v) is 18.6. The van der Waals surface area contributed by atoms with Crippen LogP contribution in [0.15, 0.2) is 48.5 Å². The van der Waals surface area contributed by atoms with Crippen LogP contribution in [-0.2, 0) is 9.53 Å². The lowest BCUT2D eigenvalue weighted by atomic mass is 9.97. The Kier molecular flexibility index (Phi) is 8.72. The minimum atomic E-state index is -0.697. The number of benzene rings is 2. The Morgan fingerprint density at radius 2 is 2.03 bits per heavy atom. The summed E-state index contributed by atoms with van der Waals surface area (Å²) in [6.45, 7) is 0.911. The van der Waals surface area contributed by atoms with Crippen molar-refractivity contribution >= 4 is 17.5 Å². The molecule has 4 atom stereocenters. The first-order valence-corrected chi connectivity index (χ1v) is 11.1. The number of aliphatic hydroxyl groups is 1. The van der Waals surface area contributed by atoms with Crippen molar-refractivity contribution in [2.45, 2.75) is 49.9 Å². The molecule has 6 nitrogen and oxygen atoms in total. The summed E-state index contributed by atoms with van der Waals surface area (Å²) < 4.78 is 10.7. The highest BCUT2D eigenvalue weighted by molar-refractivity contribution is 6.30. The van der Waals surface area contributed by atoms with Gasteiger partial charge in [0.2, 0.25) is 0 Å². The van der Waals surface area contributed by atoms with Gasteiger partial charge in [-0.15, -0.1) is 0 Å². The first-order chi connectivity index (χ1) is 15.0. The van der Waals surface area contributed by atoms with Gasteiger partial charge in [-0.1, -0.05) is 35.9 Å². The number of carbonyl (C=O) groups is 1. The Hall–Kier alpha value is -2.12. The van der Waals surface area contributed by atoms with E-state index in [1.807, 2.05) is 24.3 Å². The Balaban J connectivity index is 1.49. The molecule has 3 rings (SSSR count). The Bertz CT molecular complexity index is 846. The number of aliphatic hydroxyl groups excluding tert-OH is 1. The van der Waals surface area contributed by atoms with E-state index < -0.39 is 18.1 Å². The van der Waals surface area contributed by atoms with Crippen molar-refractivity contribution in [3.05, 3.63) is 64.7 Å². The largest absolute Gasteiger partial charge is 0.481 e. The molecule has 2 aromatic rings. The number of ether oxygens (including phenoxy) is 2. The van der Waals surface area contributed by atoms with Crippen molar-refractivity contribution in [2.75, 3.05) is 20.3 Å². The molecule has 7 heteroatoms. The summed E-state index contributed by atoms with van der Waals surface area (Å²) >= 11 is 6.01. The molecular formula is C24H31ClN2O4. The highest BCUT2D eigenvalue weighted by Gasteiger charge is 2.26. The molecule has 0 spiro atoms. The van der Waals surface area contributed by atoms with Crippen molar-refractivity contribution in [1.29, 1.82) is 0 Å². The van der Waals surface area contributed by atoms with Gasteiger partial charge in [0.15, 0.2) is 6.10 Å². The quantitative estimate of drug-likeness (QED) is 0.490. The number of hydrogen-bond acceptors (Lipinski definition) is 5. The summed E-state index contributed by atoms with van der Waals surface area (Å²) in [6.07, 6.45) is 2.31. The van der Waals surface area contributed by atoms with E-state index in [1.54, 1.807) is 19.2 Å². The molecule has 0 saturated heterocycles. The van der Waals surface area contributed by atoms with Crippen LogP contribution < -0.4 is 15.8 Å². The third kappa shape index (κ3) is 6.94. The van der Waals surface area contributed by atoms with E-state index in [1.165, 1.54) is 5.56 Å². The number of nitrogens with one attached hydrogen (secondary N) is 1. The molecule has 1 aliphatic carbocycles. The first-order valence-electron chi connectivity index (χ1n) is 10.7. The van der Waals surface area contributed by atoms with E-state index in [2.05, 4.69) is 17.4 Å². The lowest BCUT2D eigenvalue weighted by molar-refractivity contribution is -0.125. The zero-order valence-electron chi connectivity index (χ0n) is 17.8. The second-order valence-electron chi connectivity index (χ2n) is 8.05. The molecule has 2 aromatic carbocycles. The van der Waals surface area contributed by atoms with Crippen LogP contribution in [0.4, 0.5) is 0 Å². The van der Waals surface area contributed by atoms with Gasteiger partial charge < -0.3 is 25.6 Å². The molecule has 0 aromatic heterocycles. The minimum absolute atomic E-state index is 0.364. The first kappa shape index (κ1) is 23.5. The van der Waals surface area contributed by atoms with Gasteiger partial charge in [-0.25, -0.2) is 0 Å². The smallest absolute Gasteiger partial charge is 0.258 e. The predicted octanol–water partition coefficient (Wildman–Crippen LogP) is 3.57. The minimum Gasteiger partial charge on any atom is -0.481 e. The van der Waals surface area contributed by atoms with E-state index in [0.29, 0.717) is 42.3 Å². The van der Waals surface area contributed by atoms with Gasteiger partial charge in [0.1, 0.15) is 5.75 Å². The van der Waals surface area contributed by atoms with Crippen molar-refractivity contribution in [2.24, 2.45) is 5.73 Å². The van der Waals surface area contributed by atoms with Crippen LogP contribution in [-0.4, -0.2) is 43.4 Å². The maximum Gasteiger partial charge on any atom is 0.258 e. The number of carbonyl (C=O) groups excluding carboxylic acids is 1. The SMILES string of the molecule is COCC[C@@H](Oc1ccc([C@@H]2CC[C@@H](NC[C@H](O)c3cccc(Cl)c3)C2)cc1)C(N)=O. The summed E-state index contributed by atoms with van der Waals surface area (Å²) in [5.41, 5.74) is 7.49. The molecule has 0 heterocycles. The molecule has 0 unspecified atom stereocenters. The predicted molar refractivity (Wildman–Crippen MR) is 121 cm³/mol. The number of rotatable bonds is 11. The number of amides is 1. The monoisotopic (exact) mass is 446 g/mol. The average Bonchev–Trinajstić information content (AvgIpc) is 3.24. The Morgan fingerprint density at radius 1 is 1.26 bits per heavy atom. The van der Waals surface area contributed by atoms with Gasteiger partial charge in [-0.05, 0) is 60.6 Å². The van der Waals surface area contributed by atoms with Gasteiger partial charge in [0.25, 0.3) is 5.91 Å². The van der Waals surface area contributed by atoms with Crippen LogP contribution in [0.3, 0.4) is 0 Å². The molecule has 168 valence electrons. The summed E-state index contributed by atoms with van der Waals surface area (Å²) in [7, 11) is 1.58. The lowest BCUT2D eigenvalue weighted by Gasteiger charge is -2.18. The van der Waals surface area contributed by atoms with Gasteiger partial charge >= 0.3 is 0 Å². The fourth-order valence-corrected chi connectivity index (χ4v) is 4.25. The van der Waals surface area contributed by atoms with E-state index in [9.17, 15) is 9.90 Å². The number of hydrogen-bond donors (Lipinski definition) is 3. The van der Waals surface area contributed by atoms with Crippen molar-refractivity contribution in [3.63, 3.8) is 0 Å². The van der Waals surface area contributed by atoms with E-state index in [0.717, 1.165) is 24.8 Å². The van der Waals surface area contributed by atoms with Gasteiger partial charge in [-0.3, -0.25) is 4.79 Å². The molecule has 0 bridgehead atoms. The second-order valence-corrected chi connectivity index (χ2v) is 8.48. The molecule has 4 N–H and O–H groups in total. The van der Waals surface area contributed by atoms with Gasteiger partial charge in [-0.2, -0.15) is 0 Å². The highest BCUT2D eigenvalue weighted by Crippen LogP contribution is 2.35. The van der Waals surface area contributed by atoms with E-state index >= 15 is 0 Å². The highest BCUT2D eigenvalue weighted by atomic mass is 35.5. The fourth-order valence-electron chi connectivity index (χ4n) is 4.05. The zero-order chi connectivity index (χ0) is 22.2. The molecule has 1 fully saturated rings. The summed E-state index contributed by atoms with van der Waals surface area (Å²) in [5, 5.41) is 14.5. The molecule has 0 radical (unpaired) electrons. The van der Waals surface area contributed by atoms with Crippen molar-refractivity contribution < 1.29 is 19.4 Å². The molecular weight excluding hydrogens is 416 g/mol. The van der Waals surface area contributed by atoms with Crippen LogP contribution in [0, 0.1) is 0 Å². The van der Waals surface area contributed by atoms with E-state index in [4.69, 9.17) is 26.8 Å². The second kappa shape index (κ2) is 11.5. The Labute approximate surface area is 188 Å². The molecule has 31 heavy (non-hydrogen) atoms. The standard InChI is InChI=1S/C24H31ClN2O4/c1-30-12-11-23(24(26)29)31-21-9-6-16(7-10-21)17-5-8-20(14-17)27-15-22(28)18-3-2-4-19(25)13-18/h2-4,6-7,9-10,13,17,20,22-23,27-28H,5,8,11-12,14-15H2,1H3,(H2,26,29)/t17-,20-,22+,23-/m1/s1. The van der Waals surface area contributed by atoms with Crippen LogP contribution in [0.1, 0.15) is 48.8 Å². The number of methoxy groups -OCH3 is 1. The molecule has 1 saturated carbocycles. The summed E-state index contributed by atoms with van der Waals surface area (Å²) in [4.78, 5) is 11.5. The van der Waals surface area contributed by atoms with E-state index in [-0.39, 0.29) is 0 Å². The van der Waals surface area contributed by atoms with Crippen molar-refractivity contribution in [1.82, 2.24) is 5.32 Å². The number of halogens is 1. The van der Waals surface area contributed by atoms with Crippen LogP contribution in [0.25, 0.3) is 0 Å². The fraction of sp³-hybridized carbons (Fsp3) is 0.458. The maximum absolute atomic E-state index is 11.5. The maximum atomic E-state index is 11.5. The number of primary amides is 1. The van der Waals surface area contributed by atoms with Gasteiger partial charge in [0, 0.05) is 31.1 Å². The number of nitrogens with two attached hydrogens (primary N) is 1.